The minimum atomic E-state index is -1.10. The fourth-order valence-electron chi connectivity index (χ4n) is 2.55. The van der Waals surface area contributed by atoms with Crippen LogP contribution in [0.2, 0.25) is 0 Å². The van der Waals surface area contributed by atoms with Crippen molar-refractivity contribution in [1.82, 2.24) is 0 Å². The number of carbonyl (C=O) groups excluding carboxylic acids is 1. The van der Waals surface area contributed by atoms with Crippen LogP contribution in [0.15, 0.2) is 0 Å². The Morgan fingerprint density at radius 2 is 1.94 bits per heavy atom. The molecular weight excluding hydrogens is 232 g/mol. The second kappa shape index (κ2) is 5.57. The van der Waals surface area contributed by atoms with Gasteiger partial charge in [-0.1, -0.05) is 13.8 Å². The van der Waals surface area contributed by atoms with Gasteiger partial charge in [0.2, 0.25) is 0 Å². The van der Waals surface area contributed by atoms with Crippen LogP contribution in [0.25, 0.3) is 0 Å². The number of esters is 1. The van der Waals surface area contributed by atoms with Crippen LogP contribution in [0.4, 0.5) is 0 Å². The fourth-order valence-corrected chi connectivity index (χ4v) is 2.55. The Morgan fingerprint density at radius 3 is 2.33 bits per heavy atom. The van der Waals surface area contributed by atoms with Crippen molar-refractivity contribution in [3.63, 3.8) is 0 Å². The van der Waals surface area contributed by atoms with Crippen molar-refractivity contribution in [3.8, 4) is 0 Å². The van der Waals surface area contributed by atoms with Gasteiger partial charge in [-0.3, -0.25) is 4.79 Å². The molecule has 4 heteroatoms. The Bertz CT molecular complexity index is 283. The highest BCUT2D eigenvalue weighted by Gasteiger charge is 2.43. The van der Waals surface area contributed by atoms with E-state index < -0.39 is 11.7 Å². The number of hydrogen-bond acceptors (Lipinski definition) is 4. The first-order chi connectivity index (χ1) is 8.12. The third kappa shape index (κ3) is 3.69. The summed E-state index contributed by atoms with van der Waals surface area (Å²) in [4.78, 5) is 11.2. The van der Waals surface area contributed by atoms with Crippen molar-refractivity contribution in [2.24, 2.45) is 11.8 Å². The maximum atomic E-state index is 11.2. The van der Waals surface area contributed by atoms with Crippen LogP contribution < -0.4 is 0 Å². The second-order valence-corrected chi connectivity index (χ2v) is 6.14. The van der Waals surface area contributed by atoms with E-state index in [0.717, 1.165) is 6.42 Å². The van der Waals surface area contributed by atoms with Gasteiger partial charge >= 0.3 is 5.97 Å². The van der Waals surface area contributed by atoms with Gasteiger partial charge in [-0.25, -0.2) is 0 Å². The lowest BCUT2D eigenvalue weighted by molar-refractivity contribution is -0.202. The van der Waals surface area contributed by atoms with Crippen LogP contribution in [-0.4, -0.2) is 35.0 Å². The van der Waals surface area contributed by atoms with Crippen molar-refractivity contribution in [2.45, 2.75) is 71.9 Å². The molecule has 1 aliphatic rings. The van der Waals surface area contributed by atoms with Crippen LogP contribution >= 0.6 is 0 Å². The summed E-state index contributed by atoms with van der Waals surface area (Å²) in [5.74, 6) is 0.574. The molecule has 0 bridgehead atoms. The van der Waals surface area contributed by atoms with Gasteiger partial charge in [0.1, 0.15) is 0 Å². The lowest BCUT2D eigenvalue weighted by atomic mass is 9.80. The Labute approximate surface area is 110 Å². The SMILES string of the molecule is CC(=O)O[C@@H](C1C[C@@H](C)[C@@H](C)[C@H](C)O1)C(C)(C)O. The molecular formula is C14H26O4. The summed E-state index contributed by atoms with van der Waals surface area (Å²) in [6.45, 7) is 11.0. The zero-order valence-corrected chi connectivity index (χ0v) is 12.3. The van der Waals surface area contributed by atoms with E-state index in [1.54, 1.807) is 13.8 Å². The lowest BCUT2D eigenvalue weighted by Gasteiger charge is -2.43. The van der Waals surface area contributed by atoms with E-state index in [0.29, 0.717) is 11.8 Å². The van der Waals surface area contributed by atoms with Gasteiger partial charge in [0.05, 0.1) is 17.8 Å². The first-order valence-electron chi connectivity index (χ1n) is 6.68. The molecule has 0 aromatic carbocycles. The standard InChI is InChI=1S/C14H26O4/c1-8-7-12(17-10(3)9(8)2)13(14(5,6)16)18-11(4)15/h8-10,12-13,16H,7H2,1-6H3/t8-,9-,10+,12?,13+/m1/s1. The van der Waals surface area contributed by atoms with Crippen LogP contribution in [-0.2, 0) is 14.3 Å². The third-order valence-corrected chi connectivity index (χ3v) is 3.96. The van der Waals surface area contributed by atoms with E-state index in [1.165, 1.54) is 6.92 Å². The number of ether oxygens (including phenoxy) is 2. The van der Waals surface area contributed by atoms with Gasteiger partial charge in [0, 0.05) is 6.92 Å². The molecule has 0 spiro atoms. The molecule has 0 saturated carbocycles. The molecule has 1 unspecified atom stereocenters. The van der Waals surface area contributed by atoms with E-state index >= 15 is 0 Å². The van der Waals surface area contributed by atoms with Crippen LogP contribution in [0.5, 0.6) is 0 Å². The summed E-state index contributed by atoms with van der Waals surface area (Å²) in [6.07, 6.45) is 0.0506. The van der Waals surface area contributed by atoms with Crippen molar-refractivity contribution >= 4 is 5.97 Å². The average molecular weight is 258 g/mol. The molecule has 0 aliphatic carbocycles. The van der Waals surface area contributed by atoms with Crippen LogP contribution in [0.3, 0.4) is 0 Å². The van der Waals surface area contributed by atoms with E-state index in [-0.39, 0.29) is 18.2 Å². The molecule has 1 N–H and O–H groups in total. The van der Waals surface area contributed by atoms with E-state index in [4.69, 9.17) is 9.47 Å². The van der Waals surface area contributed by atoms with Crippen LogP contribution in [0, 0.1) is 11.8 Å². The first-order valence-corrected chi connectivity index (χ1v) is 6.68. The third-order valence-electron chi connectivity index (χ3n) is 3.96. The van der Waals surface area contributed by atoms with Crippen LogP contribution in [0.1, 0.15) is 48.0 Å². The van der Waals surface area contributed by atoms with Gasteiger partial charge in [-0.05, 0) is 39.0 Å². The second-order valence-electron chi connectivity index (χ2n) is 6.14. The highest BCUT2D eigenvalue weighted by molar-refractivity contribution is 5.66. The summed E-state index contributed by atoms with van der Waals surface area (Å²) in [7, 11) is 0. The topological polar surface area (TPSA) is 55.8 Å². The molecule has 0 radical (unpaired) electrons. The van der Waals surface area contributed by atoms with Crippen molar-refractivity contribution in [2.75, 3.05) is 0 Å². The van der Waals surface area contributed by atoms with Crippen molar-refractivity contribution in [3.05, 3.63) is 0 Å². The molecule has 1 aliphatic heterocycles. The minimum Gasteiger partial charge on any atom is -0.457 e. The Balaban J connectivity index is 2.83. The number of rotatable bonds is 3. The average Bonchev–Trinajstić information content (AvgIpc) is 2.20. The van der Waals surface area contributed by atoms with Crippen molar-refractivity contribution in [1.29, 1.82) is 0 Å². The van der Waals surface area contributed by atoms with Gasteiger partial charge in [-0.2, -0.15) is 0 Å². The first kappa shape index (κ1) is 15.4. The Morgan fingerprint density at radius 1 is 1.39 bits per heavy atom. The number of aliphatic hydroxyl groups is 1. The molecule has 1 heterocycles. The highest BCUT2D eigenvalue weighted by Crippen LogP contribution is 2.34. The molecule has 0 aromatic heterocycles. The van der Waals surface area contributed by atoms with E-state index in [2.05, 4.69) is 13.8 Å². The van der Waals surface area contributed by atoms with Gasteiger partial charge < -0.3 is 14.6 Å². The Kier molecular flexibility index (Phi) is 4.78. The minimum absolute atomic E-state index is 0.110. The highest BCUT2D eigenvalue weighted by atomic mass is 16.6. The molecule has 5 atom stereocenters. The summed E-state index contributed by atoms with van der Waals surface area (Å²) in [5.41, 5.74) is -1.10. The van der Waals surface area contributed by atoms with E-state index in [1.807, 2.05) is 6.92 Å². The molecule has 1 saturated heterocycles. The molecule has 4 nitrogen and oxygen atoms in total. The maximum absolute atomic E-state index is 11.2. The molecule has 0 amide bonds. The quantitative estimate of drug-likeness (QED) is 0.788. The number of hydrogen-bond donors (Lipinski definition) is 1. The largest absolute Gasteiger partial charge is 0.457 e. The molecule has 1 rings (SSSR count). The number of carbonyl (C=O) groups is 1. The smallest absolute Gasteiger partial charge is 0.303 e. The maximum Gasteiger partial charge on any atom is 0.303 e. The predicted octanol–water partition coefficient (Wildman–Crippen LogP) is 2.14. The summed E-state index contributed by atoms with van der Waals surface area (Å²) >= 11 is 0. The van der Waals surface area contributed by atoms with Gasteiger partial charge in [0.25, 0.3) is 0 Å². The van der Waals surface area contributed by atoms with Gasteiger partial charge in [0.15, 0.2) is 6.10 Å². The molecule has 18 heavy (non-hydrogen) atoms. The van der Waals surface area contributed by atoms with Gasteiger partial charge in [-0.15, -0.1) is 0 Å². The summed E-state index contributed by atoms with van der Waals surface area (Å²) in [6, 6.07) is 0. The zero-order valence-electron chi connectivity index (χ0n) is 12.3. The normalized spacial score (nSPS) is 35.1. The molecule has 106 valence electrons. The molecule has 1 fully saturated rings. The fraction of sp³-hybridized carbons (Fsp3) is 0.929. The predicted molar refractivity (Wildman–Crippen MR) is 69.1 cm³/mol. The summed E-state index contributed by atoms with van der Waals surface area (Å²) < 4.78 is 11.2. The molecule has 0 aromatic rings. The lowest BCUT2D eigenvalue weighted by Crippen LogP contribution is -2.53. The Hall–Kier alpha value is -0.610. The summed E-state index contributed by atoms with van der Waals surface area (Å²) in [5, 5.41) is 10.2. The van der Waals surface area contributed by atoms with Crippen molar-refractivity contribution < 1.29 is 19.4 Å². The van der Waals surface area contributed by atoms with E-state index in [9.17, 15) is 9.90 Å². The monoisotopic (exact) mass is 258 g/mol. The zero-order chi connectivity index (χ0) is 14.1.